The molecule has 1 aromatic heterocycles. The van der Waals surface area contributed by atoms with Gasteiger partial charge in [0.05, 0.1) is 10.7 Å². The van der Waals surface area contributed by atoms with Gasteiger partial charge < -0.3 is 5.32 Å². The molecular weight excluding hydrogens is 353 g/mol. The number of hydrogen-bond acceptors (Lipinski definition) is 2. The summed E-state index contributed by atoms with van der Waals surface area (Å²) in [4.78, 5) is 2.53. The highest BCUT2D eigenvalue weighted by Crippen LogP contribution is 2.31. The molecule has 0 amide bonds. The molecule has 0 spiro atoms. The molecule has 0 radical (unpaired) electrons. The van der Waals surface area contributed by atoms with Crippen LogP contribution in [0.2, 0.25) is 10.0 Å². The summed E-state index contributed by atoms with van der Waals surface area (Å²) in [6, 6.07) is 5.87. The molecule has 1 aromatic carbocycles. The molecule has 0 aliphatic rings. The van der Waals surface area contributed by atoms with Gasteiger partial charge in [0.15, 0.2) is 0 Å². The highest BCUT2D eigenvalue weighted by atomic mass is 79.9. The highest BCUT2D eigenvalue weighted by Gasteiger charge is 2.06. The Hall–Kier alpha value is -0.220. The number of anilines is 1. The van der Waals surface area contributed by atoms with Gasteiger partial charge in [-0.3, -0.25) is 0 Å². The van der Waals surface area contributed by atoms with Gasteiger partial charge in [-0.15, -0.1) is 11.3 Å². The summed E-state index contributed by atoms with van der Waals surface area (Å²) in [5, 5.41) is 4.74. The monoisotopic (exact) mass is 363 g/mol. The lowest BCUT2D eigenvalue weighted by Gasteiger charge is -2.09. The summed E-state index contributed by atoms with van der Waals surface area (Å²) >= 11 is 17.5. The molecule has 0 bridgehead atoms. The first-order chi connectivity index (χ1) is 8.47. The van der Waals surface area contributed by atoms with Crippen LogP contribution in [0.1, 0.15) is 15.3 Å². The molecule has 1 nitrogen and oxygen atoms in total. The molecule has 0 saturated carbocycles. The van der Waals surface area contributed by atoms with Crippen molar-refractivity contribution in [2.24, 2.45) is 0 Å². The molecule has 1 heterocycles. The van der Waals surface area contributed by atoms with Gasteiger partial charge in [-0.1, -0.05) is 23.2 Å². The maximum atomic E-state index is 6.18. The van der Waals surface area contributed by atoms with E-state index in [1.807, 2.05) is 19.1 Å². The van der Waals surface area contributed by atoms with Gasteiger partial charge in [0, 0.05) is 25.8 Å². The smallest absolute Gasteiger partial charge is 0.0641 e. The van der Waals surface area contributed by atoms with E-state index < -0.39 is 0 Å². The number of benzene rings is 1. The van der Waals surface area contributed by atoms with E-state index in [9.17, 15) is 0 Å². The van der Waals surface area contributed by atoms with E-state index in [0.29, 0.717) is 5.02 Å². The average molecular weight is 365 g/mol. The van der Waals surface area contributed by atoms with Crippen molar-refractivity contribution in [1.82, 2.24) is 0 Å². The molecular formula is C13H12BrCl2NS. The summed E-state index contributed by atoms with van der Waals surface area (Å²) < 4.78 is 1.15. The molecule has 18 heavy (non-hydrogen) atoms. The maximum absolute atomic E-state index is 6.18. The van der Waals surface area contributed by atoms with Gasteiger partial charge >= 0.3 is 0 Å². The summed E-state index contributed by atoms with van der Waals surface area (Å²) in [5.74, 6) is 0. The van der Waals surface area contributed by atoms with Crippen molar-refractivity contribution in [2.45, 2.75) is 20.4 Å². The first-order valence-corrected chi connectivity index (χ1v) is 7.78. The first kappa shape index (κ1) is 14.2. The van der Waals surface area contributed by atoms with Gasteiger partial charge in [0.25, 0.3) is 0 Å². The Morgan fingerprint density at radius 1 is 1.17 bits per heavy atom. The molecule has 0 aliphatic carbocycles. The average Bonchev–Trinajstić information content (AvgIpc) is 2.62. The molecule has 0 aliphatic heterocycles. The standard InChI is InChI=1S/C13H12BrCl2NS/c1-7-3-12(16)13(5-11(7)15)17-6-9-4-10(14)8(2)18-9/h3-5,17H,6H2,1-2H3. The van der Waals surface area contributed by atoms with Crippen LogP contribution in [0.3, 0.4) is 0 Å². The number of nitrogens with one attached hydrogen (secondary N) is 1. The second-order valence-electron chi connectivity index (χ2n) is 4.05. The Bertz CT molecular complexity index is 561. The van der Waals surface area contributed by atoms with E-state index in [1.165, 1.54) is 9.75 Å². The molecule has 1 N–H and O–H groups in total. The van der Waals surface area contributed by atoms with Crippen LogP contribution < -0.4 is 5.32 Å². The Morgan fingerprint density at radius 3 is 2.50 bits per heavy atom. The minimum atomic E-state index is 0.698. The fraction of sp³-hybridized carbons (Fsp3) is 0.231. The third kappa shape index (κ3) is 3.21. The van der Waals surface area contributed by atoms with E-state index in [4.69, 9.17) is 23.2 Å². The molecule has 96 valence electrons. The molecule has 0 unspecified atom stereocenters. The van der Waals surface area contributed by atoms with Crippen molar-refractivity contribution < 1.29 is 0 Å². The van der Waals surface area contributed by atoms with Gasteiger partial charge in [-0.25, -0.2) is 0 Å². The van der Waals surface area contributed by atoms with E-state index in [-0.39, 0.29) is 0 Å². The van der Waals surface area contributed by atoms with E-state index in [1.54, 1.807) is 11.3 Å². The summed E-state index contributed by atoms with van der Waals surface area (Å²) in [6.45, 7) is 4.78. The zero-order valence-corrected chi connectivity index (χ0v) is 13.9. The van der Waals surface area contributed by atoms with Crippen LogP contribution in [-0.4, -0.2) is 0 Å². The predicted octanol–water partition coefficient (Wildman–Crippen LogP) is 6.05. The van der Waals surface area contributed by atoms with Crippen LogP contribution in [0.25, 0.3) is 0 Å². The molecule has 5 heteroatoms. The summed E-state index contributed by atoms with van der Waals surface area (Å²) in [7, 11) is 0. The quantitative estimate of drug-likeness (QED) is 0.699. The Morgan fingerprint density at radius 2 is 1.89 bits per heavy atom. The number of rotatable bonds is 3. The number of aryl methyl sites for hydroxylation is 2. The third-order valence-corrected chi connectivity index (χ3v) is 5.47. The lowest BCUT2D eigenvalue weighted by Crippen LogP contribution is -1.98. The SMILES string of the molecule is Cc1cc(Cl)c(NCc2cc(Br)c(C)s2)cc1Cl. The van der Waals surface area contributed by atoms with Gasteiger partial charge in [-0.2, -0.15) is 0 Å². The maximum Gasteiger partial charge on any atom is 0.0641 e. The topological polar surface area (TPSA) is 12.0 Å². The summed E-state index contributed by atoms with van der Waals surface area (Å²) in [6.07, 6.45) is 0. The van der Waals surface area contributed by atoms with Gasteiger partial charge in [0.1, 0.15) is 0 Å². The molecule has 2 aromatic rings. The molecule has 2 rings (SSSR count). The molecule has 0 saturated heterocycles. The van der Waals surface area contributed by atoms with Gasteiger partial charge in [0.2, 0.25) is 0 Å². The van der Waals surface area contributed by atoms with Crippen molar-refractivity contribution in [3.63, 3.8) is 0 Å². The summed E-state index contributed by atoms with van der Waals surface area (Å²) in [5.41, 5.74) is 1.86. The second-order valence-corrected chi connectivity index (χ2v) is 7.06. The van der Waals surface area contributed by atoms with E-state index in [0.717, 1.165) is 27.3 Å². The Kier molecular flexibility index (Phi) is 4.59. The van der Waals surface area contributed by atoms with Crippen molar-refractivity contribution in [2.75, 3.05) is 5.32 Å². The molecule has 0 atom stereocenters. The van der Waals surface area contributed by atoms with Crippen LogP contribution in [0.5, 0.6) is 0 Å². The van der Waals surface area contributed by atoms with Crippen LogP contribution in [0.4, 0.5) is 5.69 Å². The zero-order valence-electron chi connectivity index (χ0n) is 9.98. The van der Waals surface area contributed by atoms with Crippen molar-refractivity contribution in [3.05, 3.63) is 48.0 Å². The fourth-order valence-electron chi connectivity index (χ4n) is 1.57. The van der Waals surface area contributed by atoms with Crippen LogP contribution >= 0.6 is 50.5 Å². The first-order valence-electron chi connectivity index (χ1n) is 5.41. The van der Waals surface area contributed by atoms with E-state index >= 15 is 0 Å². The normalized spacial score (nSPS) is 10.7. The van der Waals surface area contributed by atoms with Gasteiger partial charge in [-0.05, 0) is 53.5 Å². The van der Waals surface area contributed by atoms with Crippen LogP contribution in [0, 0.1) is 13.8 Å². The lowest BCUT2D eigenvalue weighted by molar-refractivity contribution is 1.19. The highest BCUT2D eigenvalue weighted by molar-refractivity contribution is 9.10. The van der Waals surface area contributed by atoms with Crippen LogP contribution in [-0.2, 0) is 6.54 Å². The minimum absolute atomic E-state index is 0.698. The minimum Gasteiger partial charge on any atom is -0.379 e. The largest absolute Gasteiger partial charge is 0.379 e. The van der Waals surface area contributed by atoms with E-state index in [2.05, 4.69) is 34.2 Å². The zero-order chi connectivity index (χ0) is 13.3. The van der Waals surface area contributed by atoms with Crippen molar-refractivity contribution >= 4 is 56.2 Å². The fourth-order valence-corrected chi connectivity index (χ4v) is 3.56. The number of thiophene rings is 1. The van der Waals surface area contributed by atoms with Crippen molar-refractivity contribution in [3.8, 4) is 0 Å². The molecule has 0 fully saturated rings. The lowest BCUT2D eigenvalue weighted by atomic mass is 10.2. The van der Waals surface area contributed by atoms with Crippen LogP contribution in [0.15, 0.2) is 22.7 Å². The second kappa shape index (κ2) is 5.83. The Balaban J connectivity index is 2.13. The predicted molar refractivity (Wildman–Crippen MR) is 85.3 cm³/mol. The Labute approximate surface area is 129 Å². The number of hydrogen-bond donors (Lipinski definition) is 1. The third-order valence-electron chi connectivity index (χ3n) is 2.61. The van der Waals surface area contributed by atoms with Crippen molar-refractivity contribution in [1.29, 1.82) is 0 Å². The number of halogens is 3.